The lowest BCUT2D eigenvalue weighted by molar-refractivity contribution is -0.889. The molecule has 0 N–H and O–H groups in total. The lowest BCUT2D eigenvalue weighted by Crippen LogP contribution is -2.45. The number of quaternary nitrogens is 2. The second-order valence-corrected chi connectivity index (χ2v) is 23.6. The number of hydrogen-bond acceptors (Lipinski definition) is 7. The predicted octanol–water partition coefficient (Wildman–Crippen LogP) is 14.7. The van der Waals surface area contributed by atoms with E-state index in [2.05, 4.69) is 225 Å². The van der Waals surface area contributed by atoms with Gasteiger partial charge in [-0.15, -0.1) is 0 Å². The quantitative estimate of drug-likeness (QED) is 0.0444. The molecule has 0 saturated carbocycles. The Balaban J connectivity index is 0.912. The van der Waals surface area contributed by atoms with E-state index < -0.39 is 0 Å². The van der Waals surface area contributed by atoms with Gasteiger partial charge in [0, 0.05) is 80.3 Å². The molecule has 72 heavy (non-hydrogen) atoms. The summed E-state index contributed by atoms with van der Waals surface area (Å²) in [7, 11) is 22.4. The summed E-state index contributed by atoms with van der Waals surface area (Å²) in [5.41, 5.74) is 20.1. The van der Waals surface area contributed by atoms with Crippen molar-refractivity contribution in [2.75, 3.05) is 116 Å². The van der Waals surface area contributed by atoms with E-state index in [1.54, 1.807) is 5.56 Å². The van der Waals surface area contributed by atoms with Gasteiger partial charge >= 0.3 is 0 Å². The van der Waals surface area contributed by atoms with E-state index in [4.69, 9.17) is 8.75 Å². The maximum absolute atomic E-state index is 4.82. The fraction of sp³-hybridized carbons (Fsp3) is 0.429. The lowest BCUT2D eigenvalue weighted by atomic mass is 9.70. The summed E-state index contributed by atoms with van der Waals surface area (Å²) in [4.78, 5) is 9.07. The van der Waals surface area contributed by atoms with Gasteiger partial charge in [-0.3, -0.25) is 0 Å². The van der Waals surface area contributed by atoms with Crippen LogP contribution in [0.5, 0.6) is 0 Å². The summed E-state index contributed by atoms with van der Waals surface area (Å²) >= 11 is 1.33. The van der Waals surface area contributed by atoms with Gasteiger partial charge in [-0.2, -0.15) is 8.75 Å². The van der Waals surface area contributed by atoms with Crippen molar-refractivity contribution in [3.8, 4) is 22.3 Å². The van der Waals surface area contributed by atoms with Gasteiger partial charge < -0.3 is 28.6 Å². The first-order valence-corrected chi connectivity index (χ1v) is 27.4. The summed E-state index contributed by atoms with van der Waals surface area (Å²) in [6, 6.07) is 45.9. The number of likely N-dealkylation sites (N-methyl/N-ethyl adjacent to an activating group) is 2. The molecule has 0 bridgehead atoms. The third-order valence-electron chi connectivity index (χ3n) is 15.6. The van der Waals surface area contributed by atoms with Gasteiger partial charge in [-0.1, -0.05) is 73.7 Å². The minimum absolute atomic E-state index is 0.00241. The van der Waals surface area contributed by atoms with Crippen LogP contribution in [-0.4, -0.2) is 114 Å². The average Bonchev–Trinajstić information content (AvgIpc) is 3.95. The third-order valence-corrected chi connectivity index (χ3v) is 16.1. The van der Waals surface area contributed by atoms with E-state index >= 15 is 0 Å². The second kappa shape index (κ2) is 22.6. The Bertz CT molecular complexity index is 2820. The maximum atomic E-state index is 4.82. The fourth-order valence-electron chi connectivity index (χ4n) is 11.1. The number of fused-ring (bicyclic) bond motifs is 4. The molecular weight excluding hydrogens is 901 g/mol. The Hall–Kier alpha value is -5.74. The van der Waals surface area contributed by atoms with Crippen LogP contribution >= 0.6 is 11.7 Å². The molecule has 0 amide bonds. The monoisotopic (exact) mass is 985 g/mol. The van der Waals surface area contributed by atoms with Crippen molar-refractivity contribution in [1.29, 1.82) is 0 Å². The molecule has 1 atom stereocenters. The van der Waals surface area contributed by atoms with Crippen molar-refractivity contribution in [3.05, 3.63) is 144 Å². The highest BCUT2D eigenvalue weighted by molar-refractivity contribution is 7.00. The van der Waals surface area contributed by atoms with Crippen LogP contribution < -0.4 is 19.6 Å². The molecule has 0 aliphatic heterocycles. The topological polar surface area (TPSA) is 38.7 Å². The largest absolute Gasteiger partial charge is 0.378 e. The molecule has 1 unspecified atom stereocenters. The molecular formula is C63H84N8S+2. The number of rotatable bonds is 24. The summed E-state index contributed by atoms with van der Waals surface area (Å²) in [5, 5.41) is 0. The molecule has 6 aromatic carbocycles. The van der Waals surface area contributed by atoms with Crippen LogP contribution in [0.1, 0.15) is 86.5 Å². The molecule has 1 aliphatic carbocycles. The van der Waals surface area contributed by atoms with Crippen molar-refractivity contribution in [1.82, 2.24) is 8.75 Å². The molecule has 0 radical (unpaired) electrons. The Morgan fingerprint density at radius 1 is 0.458 bits per heavy atom. The van der Waals surface area contributed by atoms with Gasteiger partial charge in [0.2, 0.25) is 0 Å². The summed E-state index contributed by atoms with van der Waals surface area (Å²) < 4.78 is 11.6. The number of aromatic nitrogens is 2. The number of nitrogens with zero attached hydrogens (tertiary/aromatic N) is 8. The van der Waals surface area contributed by atoms with Crippen molar-refractivity contribution in [2.24, 2.45) is 0 Å². The van der Waals surface area contributed by atoms with Gasteiger partial charge in [0.1, 0.15) is 11.0 Å². The van der Waals surface area contributed by atoms with Crippen LogP contribution in [0.25, 0.3) is 33.3 Å². The van der Waals surface area contributed by atoms with Crippen molar-refractivity contribution in [2.45, 2.75) is 83.5 Å². The van der Waals surface area contributed by atoms with Crippen molar-refractivity contribution in [3.63, 3.8) is 0 Å². The number of hydrogen-bond donors (Lipinski definition) is 0. The average molecular weight is 985 g/mol. The van der Waals surface area contributed by atoms with Crippen molar-refractivity contribution >= 4 is 56.9 Å². The zero-order chi connectivity index (χ0) is 51.2. The Morgan fingerprint density at radius 2 is 0.931 bits per heavy atom. The van der Waals surface area contributed by atoms with E-state index in [-0.39, 0.29) is 5.41 Å². The molecule has 1 aliphatic rings. The van der Waals surface area contributed by atoms with Gasteiger partial charge in [0.05, 0.1) is 73.1 Å². The Morgan fingerprint density at radius 3 is 1.49 bits per heavy atom. The van der Waals surface area contributed by atoms with E-state index in [0.29, 0.717) is 0 Å². The summed E-state index contributed by atoms with van der Waals surface area (Å²) in [6.45, 7) is 8.94. The molecule has 1 aromatic heterocycles. The number of aryl methyl sites for hydroxylation is 2. The molecule has 0 spiro atoms. The zero-order valence-corrected chi connectivity index (χ0v) is 46.7. The Kier molecular flexibility index (Phi) is 16.5. The van der Waals surface area contributed by atoms with Crippen LogP contribution in [0.4, 0.5) is 34.1 Å². The normalized spacial score (nSPS) is 14.4. The van der Waals surface area contributed by atoms with E-state index in [9.17, 15) is 0 Å². The minimum Gasteiger partial charge on any atom is -0.378 e. The molecule has 0 fully saturated rings. The zero-order valence-electron chi connectivity index (χ0n) is 45.9. The van der Waals surface area contributed by atoms with Crippen LogP contribution in [0.2, 0.25) is 0 Å². The third kappa shape index (κ3) is 12.2. The fourth-order valence-corrected chi connectivity index (χ4v) is 11.7. The number of anilines is 6. The van der Waals surface area contributed by atoms with Gasteiger partial charge in [0.25, 0.3) is 0 Å². The predicted molar refractivity (Wildman–Crippen MR) is 313 cm³/mol. The first kappa shape index (κ1) is 52.6. The molecule has 8 nitrogen and oxygen atoms in total. The van der Waals surface area contributed by atoms with Crippen LogP contribution in [-0.2, 0) is 5.41 Å². The summed E-state index contributed by atoms with van der Waals surface area (Å²) in [6.07, 6.45) is 12.5. The van der Waals surface area contributed by atoms with Gasteiger partial charge in [0.15, 0.2) is 0 Å². The maximum Gasteiger partial charge on any atom is 0.112 e. The first-order chi connectivity index (χ1) is 34.4. The van der Waals surface area contributed by atoms with E-state index in [1.807, 2.05) is 0 Å². The van der Waals surface area contributed by atoms with E-state index in [0.717, 1.165) is 50.2 Å². The number of unbranched alkanes of at least 4 members (excludes halogenated alkanes) is 6. The van der Waals surface area contributed by atoms with Crippen molar-refractivity contribution < 1.29 is 8.97 Å². The second-order valence-electron chi connectivity index (χ2n) is 23.1. The molecule has 0 saturated heterocycles. The highest BCUT2D eigenvalue weighted by atomic mass is 32.1. The number of benzene rings is 6. The smallest absolute Gasteiger partial charge is 0.112 e. The van der Waals surface area contributed by atoms with Gasteiger partial charge in [-0.25, -0.2) is 0 Å². The van der Waals surface area contributed by atoms with Crippen LogP contribution in [0.15, 0.2) is 121 Å². The van der Waals surface area contributed by atoms with Gasteiger partial charge in [-0.05, 0) is 165 Å². The molecule has 7 aromatic rings. The minimum atomic E-state index is 0.00241. The SMILES string of the molecule is Cc1ccc2c(c1)C(CCCCCC[N+](C)(C)C)(CCCCCC[N+](C)(C)CCN(C)c1ccc(N(c3ccc(N(C)C)cc3)c3ccc(N(C)C)cc3)cc1)c1cc(-c3ccc(C)c4nsnc34)ccc1-2. The molecule has 380 valence electrons. The standard InChI is InChI=1S/C63H84N8S/c1-47-21-36-57-58-38-23-49(56-37-22-48(2)61-62(56)65-72-64-61)46-60(58)63(59(57)45-47,39-17-13-15-19-42-70(8,9)10)40-18-14-16-20-43-71(11,12)44-41-68(7)52-28-34-55(35-29-52)69(53-30-24-50(25-31-53)66(3)4)54-32-26-51(27-33-54)67(5)6/h21-38,45-46H,13-20,39-44H2,1-12H3/q+2. The highest BCUT2D eigenvalue weighted by Crippen LogP contribution is 2.55. The lowest BCUT2D eigenvalue weighted by Gasteiger charge is -2.34. The summed E-state index contributed by atoms with van der Waals surface area (Å²) in [5.74, 6) is 0. The molecule has 9 heteroatoms. The Labute approximate surface area is 438 Å². The molecule has 1 heterocycles. The van der Waals surface area contributed by atoms with E-state index in [1.165, 1.54) is 145 Å². The van der Waals surface area contributed by atoms with Crippen LogP contribution in [0.3, 0.4) is 0 Å². The first-order valence-electron chi connectivity index (χ1n) is 26.7. The van der Waals surface area contributed by atoms with Crippen LogP contribution in [0, 0.1) is 13.8 Å². The molecule has 8 rings (SSSR count). The highest BCUT2D eigenvalue weighted by Gasteiger charge is 2.42.